The van der Waals surface area contributed by atoms with Crippen LogP contribution in [0.4, 0.5) is 0 Å². The van der Waals surface area contributed by atoms with E-state index in [2.05, 4.69) is 15.6 Å². The molecule has 2 heterocycles. The first kappa shape index (κ1) is 15.4. The van der Waals surface area contributed by atoms with Gasteiger partial charge in [-0.1, -0.05) is 5.21 Å². The second kappa shape index (κ2) is 6.21. The second-order valence-corrected chi connectivity index (χ2v) is 5.32. The minimum atomic E-state index is -0.533. The molecule has 1 aliphatic rings. The Kier molecular flexibility index (Phi) is 4.56. The fraction of sp³-hybridized carbons (Fsp3) is 0.692. The number of methoxy groups -OCH3 is 1. The molecule has 116 valence electrons. The van der Waals surface area contributed by atoms with E-state index in [-0.39, 0.29) is 17.6 Å². The molecular weight excluding hydrogens is 274 g/mol. The van der Waals surface area contributed by atoms with Gasteiger partial charge in [-0.05, 0) is 26.3 Å². The Morgan fingerprint density at radius 3 is 2.71 bits per heavy atom. The van der Waals surface area contributed by atoms with Crippen LogP contribution in [0.25, 0.3) is 0 Å². The molecular formula is C13H21N5O3. The van der Waals surface area contributed by atoms with Gasteiger partial charge in [-0.3, -0.25) is 4.79 Å². The van der Waals surface area contributed by atoms with Crippen LogP contribution < -0.4 is 5.32 Å². The molecule has 0 aliphatic carbocycles. The van der Waals surface area contributed by atoms with Gasteiger partial charge in [0.05, 0.1) is 18.8 Å². The van der Waals surface area contributed by atoms with Crippen LogP contribution in [0.3, 0.4) is 0 Å². The van der Waals surface area contributed by atoms with Gasteiger partial charge in [0.1, 0.15) is 6.04 Å². The molecule has 2 unspecified atom stereocenters. The van der Waals surface area contributed by atoms with Crippen LogP contribution in [0.5, 0.6) is 0 Å². The van der Waals surface area contributed by atoms with Crippen LogP contribution in [0.15, 0.2) is 0 Å². The van der Waals surface area contributed by atoms with E-state index in [1.807, 2.05) is 0 Å². The summed E-state index contributed by atoms with van der Waals surface area (Å²) in [6.45, 7) is 2.61. The summed E-state index contributed by atoms with van der Waals surface area (Å²) in [5.74, 6) is -0.634. The summed E-state index contributed by atoms with van der Waals surface area (Å²) in [4.78, 5) is 25.5. The molecule has 0 saturated carbocycles. The average Bonchev–Trinajstić information content (AvgIpc) is 3.12. The molecule has 1 N–H and O–H groups in total. The summed E-state index contributed by atoms with van der Waals surface area (Å²) in [7, 11) is 4.68. The van der Waals surface area contributed by atoms with Crippen LogP contribution >= 0.6 is 0 Å². The van der Waals surface area contributed by atoms with Gasteiger partial charge >= 0.3 is 5.97 Å². The van der Waals surface area contributed by atoms with Crippen LogP contribution in [0.1, 0.15) is 48.0 Å². The topological polar surface area (TPSA) is 89.3 Å². The lowest BCUT2D eigenvalue weighted by molar-refractivity contribution is -0.132. The molecule has 1 aliphatic heterocycles. The minimum Gasteiger partial charge on any atom is -0.464 e. The Morgan fingerprint density at radius 1 is 1.48 bits per heavy atom. The van der Waals surface area contributed by atoms with Crippen LogP contribution in [0, 0.1) is 0 Å². The number of nitrogens with one attached hydrogen (secondary N) is 1. The lowest BCUT2D eigenvalue weighted by Crippen LogP contribution is -2.32. The van der Waals surface area contributed by atoms with Gasteiger partial charge in [0, 0.05) is 14.1 Å². The predicted octanol–water partition coefficient (Wildman–Crippen LogP) is 0.138. The zero-order valence-corrected chi connectivity index (χ0v) is 12.8. The van der Waals surface area contributed by atoms with E-state index in [1.165, 1.54) is 16.7 Å². The highest BCUT2D eigenvalue weighted by atomic mass is 16.5. The van der Waals surface area contributed by atoms with Gasteiger partial charge in [0.25, 0.3) is 0 Å². The van der Waals surface area contributed by atoms with Crippen LogP contribution in [-0.4, -0.2) is 59.5 Å². The van der Waals surface area contributed by atoms with Crippen molar-refractivity contribution in [3.63, 3.8) is 0 Å². The number of rotatable bonds is 4. The minimum absolute atomic E-state index is 0.0356. The standard InChI is InChI=1S/C13H21N5O3/c1-8(12(19)17(2)3)18-11(9-6-5-7-14-9)10(15-16-18)13(20)21-4/h8-9,14H,5-7H2,1-4H3. The molecule has 1 aromatic rings. The van der Waals surface area contributed by atoms with E-state index in [9.17, 15) is 9.59 Å². The zero-order chi connectivity index (χ0) is 15.6. The third kappa shape index (κ3) is 2.90. The normalized spacial score (nSPS) is 19.3. The van der Waals surface area contributed by atoms with E-state index >= 15 is 0 Å². The molecule has 8 nitrogen and oxygen atoms in total. The first-order chi connectivity index (χ1) is 9.97. The molecule has 1 aromatic heterocycles. The molecule has 8 heteroatoms. The lowest BCUT2D eigenvalue weighted by Gasteiger charge is -2.21. The first-order valence-electron chi connectivity index (χ1n) is 6.95. The third-order valence-electron chi connectivity index (χ3n) is 3.66. The third-order valence-corrected chi connectivity index (χ3v) is 3.66. The Balaban J connectivity index is 2.43. The number of carbonyl (C=O) groups excluding carboxylic acids is 2. The fourth-order valence-electron chi connectivity index (χ4n) is 2.55. The summed E-state index contributed by atoms with van der Waals surface area (Å²) >= 11 is 0. The average molecular weight is 295 g/mol. The highest BCUT2D eigenvalue weighted by Gasteiger charge is 2.32. The molecule has 0 bridgehead atoms. The summed E-state index contributed by atoms with van der Waals surface area (Å²) in [6.07, 6.45) is 1.88. The largest absolute Gasteiger partial charge is 0.464 e. The molecule has 1 amide bonds. The number of likely N-dealkylation sites (N-methyl/N-ethyl adjacent to an activating group) is 1. The van der Waals surface area contributed by atoms with Gasteiger partial charge in [-0.2, -0.15) is 0 Å². The Hall–Kier alpha value is -1.96. The summed E-state index contributed by atoms with van der Waals surface area (Å²) in [5.41, 5.74) is 0.803. The van der Waals surface area contributed by atoms with Gasteiger partial charge in [-0.25, -0.2) is 9.48 Å². The molecule has 0 spiro atoms. The maximum atomic E-state index is 12.2. The van der Waals surface area contributed by atoms with Crippen LogP contribution in [-0.2, 0) is 9.53 Å². The smallest absolute Gasteiger partial charge is 0.360 e. The highest BCUT2D eigenvalue weighted by molar-refractivity contribution is 5.88. The number of nitrogens with zero attached hydrogens (tertiary/aromatic N) is 4. The summed E-state index contributed by atoms with van der Waals surface area (Å²) in [5, 5.41) is 11.2. The number of amides is 1. The van der Waals surface area contributed by atoms with Crippen LogP contribution in [0.2, 0.25) is 0 Å². The summed E-state index contributed by atoms with van der Waals surface area (Å²) < 4.78 is 6.28. The van der Waals surface area contributed by atoms with Gasteiger partial charge in [0.15, 0.2) is 5.69 Å². The second-order valence-electron chi connectivity index (χ2n) is 5.32. The number of hydrogen-bond donors (Lipinski definition) is 1. The zero-order valence-electron chi connectivity index (χ0n) is 12.8. The van der Waals surface area contributed by atoms with Crippen molar-refractivity contribution in [2.75, 3.05) is 27.7 Å². The van der Waals surface area contributed by atoms with Crippen molar-refractivity contribution in [3.05, 3.63) is 11.4 Å². The van der Waals surface area contributed by atoms with Crippen molar-refractivity contribution in [1.82, 2.24) is 25.2 Å². The molecule has 2 rings (SSSR count). The maximum absolute atomic E-state index is 12.2. The van der Waals surface area contributed by atoms with Gasteiger partial charge in [-0.15, -0.1) is 5.10 Å². The van der Waals surface area contributed by atoms with E-state index in [0.29, 0.717) is 5.69 Å². The quantitative estimate of drug-likeness (QED) is 0.795. The SMILES string of the molecule is COC(=O)c1nnn(C(C)C(=O)N(C)C)c1C1CCCN1. The Labute approximate surface area is 123 Å². The Bertz CT molecular complexity index is 534. The van der Waals surface area contributed by atoms with Gasteiger partial charge in [0.2, 0.25) is 5.91 Å². The number of esters is 1. The highest BCUT2D eigenvalue weighted by Crippen LogP contribution is 2.27. The molecule has 1 saturated heterocycles. The van der Waals surface area contributed by atoms with Crippen molar-refractivity contribution in [2.45, 2.75) is 31.8 Å². The Morgan fingerprint density at radius 2 is 2.19 bits per heavy atom. The van der Waals surface area contributed by atoms with E-state index in [0.717, 1.165) is 19.4 Å². The van der Waals surface area contributed by atoms with Gasteiger partial charge < -0.3 is 15.0 Å². The molecule has 0 aromatic carbocycles. The predicted molar refractivity (Wildman–Crippen MR) is 74.7 cm³/mol. The number of ether oxygens (including phenoxy) is 1. The molecule has 2 atom stereocenters. The van der Waals surface area contributed by atoms with Crippen molar-refractivity contribution < 1.29 is 14.3 Å². The van der Waals surface area contributed by atoms with Crippen molar-refractivity contribution >= 4 is 11.9 Å². The van der Waals surface area contributed by atoms with Crippen molar-refractivity contribution in [1.29, 1.82) is 0 Å². The molecule has 1 fully saturated rings. The van der Waals surface area contributed by atoms with E-state index in [1.54, 1.807) is 21.0 Å². The monoisotopic (exact) mass is 295 g/mol. The fourth-order valence-corrected chi connectivity index (χ4v) is 2.55. The number of aromatic nitrogens is 3. The molecule has 21 heavy (non-hydrogen) atoms. The van der Waals surface area contributed by atoms with E-state index in [4.69, 9.17) is 4.74 Å². The summed E-state index contributed by atoms with van der Waals surface area (Å²) in [6, 6.07) is -0.560. The van der Waals surface area contributed by atoms with Crippen molar-refractivity contribution in [2.24, 2.45) is 0 Å². The number of hydrogen-bond acceptors (Lipinski definition) is 6. The van der Waals surface area contributed by atoms with E-state index < -0.39 is 12.0 Å². The van der Waals surface area contributed by atoms with Crippen molar-refractivity contribution in [3.8, 4) is 0 Å². The first-order valence-corrected chi connectivity index (χ1v) is 6.95. The maximum Gasteiger partial charge on any atom is 0.360 e. The molecule has 0 radical (unpaired) electrons. The lowest BCUT2D eigenvalue weighted by atomic mass is 10.1. The number of carbonyl (C=O) groups is 2.